The Morgan fingerprint density at radius 1 is 1.03 bits per heavy atom. The number of aromatic nitrogens is 2. The molecule has 7 nitrogen and oxygen atoms in total. The van der Waals surface area contributed by atoms with Crippen molar-refractivity contribution >= 4 is 57.4 Å². The molecule has 2 aliphatic rings. The van der Waals surface area contributed by atoms with Crippen molar-refractivity contribution in [2.24, 2.45) is 5.92 Å². The van der Waals surface area contributed by atoms with E-state index in [1.165, 1.54) is 17.4 Å². The maximum atomic E-state index is 13.7. The number of carbonyl (C=O) groups is 1. The van der Waals surface area contributed by atoms with Gasteiger partial charge in [0.15, 0.2) is 0 Å². The van der Waals surface area contributed by atoms with Crippen LogP contribution in [0.3, 0.4) is 0 Å². The number of piperazine rings is 1. The van der Waals surface area contributed by atoms with Crippen molar-refractivity contribution in [2.75, 3.05) is 42.5 Å². The number of aryl methyl sites for hydroxylation is 1. The average Bonchev–Trinajstić information content (AvgIpc) is 3.13. The number of para-hydroxylation sites is 1. The molecule has 3 aromatic rings. The van der Waals surface area contributed by atoms with Gasteiger partial charge in [-0.2, -0.15) is 0 Å². The smallest absolute Gasteiger partial charge is 0.267 e. The molecule has 0 saturated carbocycles. The van der Waals surface area contributed by atoms with Crippen molar-refractivity contribution in [3.05, 3.63) is 75.0 Å². The van der Waals surface area contributed by atoms with Gasteiger partial charge in [0, 0.05) is 44.6 Å². The second kappa shape index (κ2) is 10.1. The van der Waals surface area contributed by atoms with Gasteiger partial charge in [0.2, 0.25) is 0 Å². The summed E-state index contributed by atoms with van der Waals surface area (Å²) in [5.41, 5.74) is 2.99. The van der Waals surface area contributed by atoms with Crippen LogP contribution in [0.2, 0.25) is 0 Å². The Bertz CT molecular complexity index is 1410. The summed E-state index contributed by atoms with van der Waals surface area (Å²) in [4.78, 5) is 38.4. The molecule has 0 radical (unpaired) electrons. The number of amides is 1. The number of fused-ring (bicyclic) bond motifs is 1. The Hall–Kier alpha value is -3.17. The standard InChI is InChI=1S/C27H29N5O2S2/c1-18(2)16-32-26(34)22(36-27(32)35)15-21-24(28-23-10-9-19(3)17-31(23)25(21)33)30-13-11-29(12-14-30)20-7-5-4-6-8-20/h4-10,15,17-18H,11-14,16H2,1-3H3. The number of rotatable bonds is 5. The predicted octanol–water partition coefficient (Wildman–Crippen LogP) is 4.19. The lowest BCUT2D eigenvalue weighted by molar-refractivity contribution is -0.122. The Morgan fingerprint density at radius 2 is 1.72 bits per heavy atom. The first-order valence-corrected chi connectivity index (χ1v) is 13.4. The SMILES string of the molecule is Cc1ccc2nc(N3CCN(c4ccccc4)CC3)c(C=C3SC(=S)N(CC(C)C)C3=O)c(=O)n2c1. The lowest BCUT2D eigenvalue weighted by atomic mass is 10.2. The van der Waals surface area contributed by atoms with E-state index in [2.05, 4.69) is 35.8 Å². The summed E-state index contributed by atoms with van der Waals surface area (Å²) in [6.45, 7) is 9.68. The first-order chi connectivity index (χ1) is 17.3. The Balaban J connectivity index is 1.54. The van der Waals surface area contributed by atoms with Crippen LogP contribution < -0.4 is 15.4 Å². The van der Waals surface area contributed by atoms with Gasteiger partial charge in [-0.05, 0) is 42.7 Å². The predicted molar refractivity (Wildman–Crippen MR) is 152 cm³/mol. The zero-order chi connectivity index (χ0) is 25.4. The van der Waals surface area contributed by atoms with Crippen molar-refractivity contribution in [1.29, 1.82) is 0 Å². The van der Waals surface area contributed by atoms with Crippen LogP contribution >= 0.6 is 24.0 Å². The largest absolute Gasteiger partial charge is 0.368 e. The number of hydrogen-bond acceptors (Lipinski definition) is 7. The van der Waals surface area contributed by atoms with E-state index in [1.54, 1.807) is 21.6 Å². The molecular formula is C27H29N5O2S2. The van der Waals surface area contributed by atoms with Crippen LogP contribution in [0.1, 0.15) is 25.0 Å². The van der Waals surface area contributed by atoms with E-state index in [1.807, 2.05) is 37.3 Å². The van der Waals surface area contributed by atoms with E-state index in [-0.39, 0.29) is 11.5 Å². The minimum atomic E-state index is -0.182. The summed E-state index contributed by atoms with van der Waals surface area (Å²) in [5, 5.41) is 0. The molecule has 2 aliphatic heterocycles. The molecule has 1 amide bonds. The van der Waals surface area contributed by atoms with E-state index in [9.17, 15) is 9.59 Å². The van der Waals surface area contributed by atoms with Crippen LogP contribution in [0.4, 0.5) is 11.5 Å². The topological polar surface area (TPSA) is 61.2 Å². The molecule has 2 aromatic heterocycles. The van der Waals surface area contributed by atoms with E-state index >= 15 is 0 Å². The second-order valence-corrected chi connectivity index (χ2v) is 11.3. The molecule has 36 heavy (non-hydrogen) atoms. The number of thioether (sulfide) groups is 1. The molecule has 2 saturated heterocycles. The lowest BCUT2D eigenvalue weighted by Gasteiger charge is -2.37. The highest BCUT2D eigenvalue weighted by Gasteiger charge is 2.33. The lowest BCUT2D eigenvalue weighted by Crippen LogP contribution is -2.47. The Kier molecular flexibility index (Phi) is 6.85. The van der Waals surface area contributed by atoms with Crippen LogP contribution in [0.15, 0.2) is 58.4 Å². The molecule has 0 aliphatic carbocycles. The first kappa shape index (κ1) is 24.5. The van der Waals surface area contributed by atoms with Gasteiger partial charge in [0.25, 0.3) is 11.5 Å². The van der Waals surface area contributed by atoms with E-state index in [4.69, 9.17) is 17.2 Å². The zero-order valence-electron chi connectivity index (χ0n) is 20.7. The third kappa shape index (κ3) is 4.77. The molecule has 0 spiro atoms. The Morgan fingerprint density at radius 3 is 2.42 bits per heavy atom. The van der Waals surface area contributed by atoms with Gasteiger partial charge in [0.05, 0.1) is 10.5 Å². The number of nitrogens with zero attached hydrogens (tertiary/aromatic N) is 5. The quantitative estimate of drug-likeness (QED) is 0.370. The third-order valence-corrected chi connectivity index (χ3v) is 7.76. The van der Waals surface area contributed by atoms with Crippen molar-refractivity contribution in [3.63, 3.8) is 0 Å². The Labute approximate surface area is 220 Å². The fraction of sp³-hybridized carbons (Fsp3) is 0.333. The number of carbonyl (C=O) groups excluding carboxylic acids is 1. The minimum Gasteiger partial charge on any atom is -0.368 e. The van der Waals surface area contributed by atoms with Gasteiger partial charge in [-0.15, -0.1) is 0 Å². The van der Waals surface area contributed by atoms with Crippen LogP contribution in [0, 0.1) is 12.8 Å². The van der Waals surface area contributed by atoms with Crippen LogP contribution in [0.25, 0.3) is 11.7 Å². The van der Waals surface area contributed by atoms with E-state index < -0.39 is 0 Å². The highest BCUT2D eigenvalue weighted by atomic mass is 32.2. The van der Waals surface area contributed by atoms with E-state index in [0.29, 0.717) is 38.7 Å². The molecule has 0 N–H and O–H groups in total. The number of benzene rings is 1. The molecule has 5 rings (SSSR count). The zero-order valence-corrected chi connectivity index (χ0v) is 22.3. The summed E-state index contributed by atoms with van der Waals surface area (Å²) in [6, 6.07) is 14.2. The third-order valence-electron chi connectivity index (χ3n) is 6.38. The normalized spacial score (nSPS) is 17.8. The summed E-state index contributed by atoms with van der Waals surface area (Å²) in [7, 11) is 0. The van der Waals surface area contributed by atoms with Crippen molar-refractivity contribution < 1.29 is 4.79 Å². The number of anilines is 2. The van der Waals surface area contributed by atoms with E-state index in [0.717, 1.165) is 31.7 Å². The molecule has 2 fully saturated rings. The monoisotopic (exact) mass is 519 g/mol. The fourth-order valence-corrected chi connectivity index (χ4v) is 5.84. The summed E-state index contributed by atoms with van der Waals surface area (Å²) in [5.74, 6) is 0.761. The summed E-state index contributed by atoms with van der Waals surface area (Å²) >= 11 is 6.74. The van der Waals surface area contributed by atoms with Gasteiger partial charge < -0.3 is 9.80 Å². The number of hydrogen-bond donors (Lipinski definition) is 0. The molecule has 9 heteroatoms. The van der Waals surface area contributed by atoms with Crippen LogP contribution in [-0.4, -0.2) is 57.2 Å². The van der Waals surface area contributed by atoms with Gasteiger partial charge in [-0.25, -0.2) is 4.98 Å². The van der Waals surface area contributed by atoms with Crippen molar-refractivity contribution in [2.45, 2.75) is 20.8 Å². The molecule has 0 atom stereocenters. The molecule has 0 bridgehead atoms. The highest BCUT2D eigenvalue weighted by molar-refractivity contribution is 8.26. The van der Waals surface area contributed by atoms with Crippen molar-refractivity contribution in [3.8, 4) is 0 Å². The van der Waals surface area contributed by atoms with Gasteiger partial charge >= 0.3 is 0 Å². The maximum Gasteiger partial charge on any atom is 0.267 e. The van der Waals surface area contributed by atoms with Crippen LogP contribution in [0.5, 0.6) is 0 Å². The second-order valence-electron chi connectivity index (χ2n) is 9.58. The first-order valence-electron chi connectivity index (χ1n) is 12.1. The van der Waals surface area contributed by atoms with Crippen LogP contribution in [-0.2, 0) is 4.79 Å². The summed E-state index contributed by atoms with van der Waals surface area (Å²) < 4.78 is 2.10. The van der Waals surface area contributed by atoms with Gasteiger partial charge in [0.1, 0.15) is 15.8 Å². The highest BCUT2D eigenvalue weighted by Crippen LogP contribution is 2.34. The van der Waals surface area contributed by atoms with Gasteiger partial charge in [-0.1, -0.05) is 62.1 Å². The summed E-state index contributed by atoms with van der Waals surface area (Å²) in [6.07, 6.45) is 3.49. The maximum absolute atomic E-state index is 13.7. The molecule has 1 aromatic carbocycles. The van der Waals surface area contributed by atoms with Gasteiger partial charge in [-0.3, -0.25) is 18.9 Å². The number of pyridine rings is 1. The fourth-order valence-electron chi connectivity index (χ4n) is 4.58. The van der Waals surface area contributed by atoms with Crippen molar-refractivity contribution in [1.82, 2.24) is 14.3 Å². The average molecular weight is 520 g/mol. The number of thiocarbonyl (C=S) groups is 1. The molecule has 0 unspecified atom stereocenters. The molecule has 4 heterocycles. The molecule has 186 valence electrons. The molecular weight excluding hydrogens is 490 g/mol. The minimum absolute atomic E-state index is 0.146.